The Morgan fingerprint density at radius 1 is 1.41 bits per heavy atom. The molecule has 39 heavy (non-hydrogen) atoms. The molecule has 17 heteroatoms. The molecule has 6 atom stereocenters. The number of aliphatic hydroxyl groups is 1. The number of aliphatic hydroxyl groups excluding tert-OH is 1. The lowest BCUT2D eigenvalue weighted by atomic mass is 10.00. The van der Waals surface area contributed by atoms with E-state index in [4.69, 9.17) is 47.7 Å². The number of hydrogen-bond acceptors (Lipinski definition) is 12. The Morgan fingerprint density at radius 3 is 2.62 bits per heavy atom. The van der Waals surface area contributed by atoms with Crippen molar-refractivity contribution in [1.82, 2.24) is 14.6 Å². The van der Waals surface area contributed by atoms with Crippen LogP contribution in [0.2, 0.25) is 0 Å². The van der Waals surface area contributed by atoms with Gasteiger partial charge in [-0.1, -0.05) is 44.1 Å². The fraction of sp³-hybridized carbons (Fsp3) is 0.727. The second-order valence-electron chi connectivity index (χ2n) is 10.0. The highest BCUT2D eigenvalue weighted by atomic mass is 35.5. The molecule has 0 aliphatic carbocycles. The summed E-state index contributed by atoms with van der Waals surface area (Å²) in [5, 5.41) is 10.4. The topological polar surface area (TPSA) is 164 Å². The molecule has 0 spiro atoms. The highest BCUT2D eigenvalue weighted by Gasteiger charge is 2.58. The van der Waals surface area contributed by atoms with Crippen LogP contribution < -0.4 is 16.5 Å². The van der Waals surface area contributed by atoms with E-state index in [9.17, 15) is 19.5 Å². The van der Waals surface area contributed by atoms with E-state index >= 15 is 4.39 Å². The van der Waals surface area contributed by atoms with E-state index in [1.54, 1.807) is 34.6 Å². The lowest BCUT2D eigenvalue weighted by Gasteiger charge is -2.28. The molecule has 0 saturated carbocycles. The fourth-order valence-electron chi connectivity index (χ4n) is 3.13. The van der Waals surface area contributed by atoms with Gasteiger partial charge in [0.15, 0.2) is 11.3 Å². The summed E-state index contributed by atoms with van der Waals surface area (Å²) >= 11 is 12.6. The minimum Gasteiger partial charge on any atom is -0.462 e. The largest absolute Gasteiger partial charge is 0.462 e. The number of thioether (sulfide) groups is 1. The molecule has 0 unspecified atom stereocenters. The summed E-state index contributed by atoms with van der Waals surface area (Å²) in [4.78, 5) is 40.3. The average molecular weight is 633 g/mol. The third-order valence-corrected chi connectivity index (χ3v) is 9.46. The number of nitrogens with two attached hydrogens (primary N) is 1. The number of carbonyl (C=O) groups excluding carboxylic acids is 2. The number of nitrogen functional groups attached to an aromatic ring is 1. The van der Waals surface area contributed by atoms with Crippen LogP contribution in [-0.4, -0.2) is 74.2 Å². The third kappa shape index (κ3) is 9.44. The van der Waals surface area contributed by atoms with Crippen molar-refractivity contribution in [3.8, 4) is 0 Å². The zero-order valence-corrected chi connectivity index (χ0v) is 25.7. The maximum atomic E-state index is 15.3. The normalized spacial score (nSPS) is 25.8. The number of esters is 1. The third-order valence-electron chi connectivity index (χ3n) is 5.14. The van der Waals surface area contributed by atoms with Crippen molar-refractivity contribution in [1.29, 1.82) is 0 Å². The van der Waals surface area contributed by atoms with Gasteiger partial charge in [-0.15, -0.1) is 0 Å². The first kappa shape index (κ1) is 34.0. The lowest BCUT2D eigenvalue weighted by Crippen LogP contribution is -2.41. The van der Waals surface area contributed by atoms with Crippen molar-refractivity contribution in [2.24, 2.45) is 5.41 Å². The molecule has 1 saturated heterocycles. The minimum atomic E-state index is -3.50. The fourth-order valence-corrected chi connectivity index (χ4v) is 6.69. The second-order valence-corrected chi connectivity index (χ2v) is 14.9. The Balaban J connectivity index is 2.16. The predicted molar refractivity (Wildman–Crippen MR) is 149 cm³/mol. The zero-order chi connectivity index (χ0) is 29.8. The summed E-state index contributed by atoms with van der Waals surface area (Å²) < 4.78 is 38.3. The molecule has 1 aliphatic heterocycles. The van der Waals surface area contributed by atoms with Gasteiger partial charge in [0.2, 0.25) is 0 Å². The molecule has 0 radical (unpaired) electrons. The molecule has 2 heterocycles. The summed E-state index contributed by atoms with van der Waals surface area (Å²) in [5.74, 6) is -0.457. The van der Waals surface area contributed by atoms with Crippen LogP contribution in [0.1, 0.15) is 47.8 Å². The summed E-state index contributed by atoms with van der Waals surface area (Å²) in [6.45, 7) is 6.20. The van der Waals surface area contributed by atoms with Crippen LogP contribution >= 0.6 is 30.0 Å². The molecule has 1 aromatic heterocycles. The van der Waals surface area contributed by atoms with Gasteiger partial charge < -0.3 is 29.4 Å². The van der Waals surface area contributed by atoms with Crippen LogP contribution in [-0.2, 0) is 39.9 Å². The second kappa shape index (κ2) is 13.7. The molecule has 1 aromatic rings. The van der Waals surface area contributed by atoms with Gasteiger partial charge in [-0.25, -0.2) is 14.3 Å². The molecule has 12 nitrogen and oxygen atoms in total. The highest BCUT2D eigenvalue weighted by Crippen LogP contribution is 2.48. The Kier molecular flexibility index (Phi) is 11.9. The molecule has 1 aliphatic rings. The molecule has 0 aromatic carbocycles. The van der Waals surface area contributed by atoms with Gasteiger partial charge in [0.25, 0.3) is 11.8 Å². The maximum Gasteiger partial charge on any atom is 0.351 e. The highest BCUT2D eigenvalue weighted by molar-refractivity contribution is 8.13. The van der Waals surface area contributed by atoms with Gasteiger partial charge in [-0.2, -0.15) is 4.98 Å². The van der Waals surface area contributed by atoms with Crippen molar-refractivity contribution in [3.63, 3.8) is 0 Å². The molecular formula is C22H35ClFN4O8PS2. The van der Waals surface area contributed by atoms with Gasteiger partial charge in [0.1, 0.15) is 24.1 Å². The SMILES string of the molecule is CC(C)OC(=O)[C@H](C)N[P@@](=S)(OCCSC(=O)C(C)(C)C)OC[C@H]1O[C@@H](n2ccc(N)nc2=O)[C@@](F)(Cl)[C@@H]1O. The molecule has 4 N–H and O–H groups in total. The first-order chi connectivity index (χ1) is 17.9. The van der Waals surface area contributed by atoms with Gasteiger partial charge in [-0.3, -0.25) is 14.2 Å². The van der Waals surface area contributed by atoms with Crippen molar-refractivity contribution < 1.29 is 37.6 Å². The van der Waals surface area contributed by atoms with Gasteiger partial charge in [0.05, 0.1) is 19.3 Å². The van der Waals surface area contributed by atoms with Gasteiger partial charge in [0, 0.05) is 17.4 Å². The molecule has 1 fully saturated rings. The first-order valence-electron chi connectivity index (χ1n) is 12.0. The van der Waals surface area contributed by atoms with Crippen LogP contribution in [0.15, 0.2) is 17.1 Å². The molecule has 2 rings (SSSR count). The number of rotatable bonds is 12. The smallest absolute Gasteiger partial charge is 0.351 e. The zero-order valence-electron chi connectivity index (χ0n) is 22.5. The van der Waals surface area contributed by atoms with Gasteiger partial charge >= 0.3 is 11.7 Å². The number of anilines is 1. The van der Waals surface area contributed by atoms with Crippen molar-refractivity contribution in [2.75, 3.05) is 24.7 Å². The number of nitrogens with one attached hydrogen (secondary N) is 1. The van der Waals surface area contributed by atoms with Crippen molar-refractivity contribution in [2.45, 2.75) is 77.3 Å². The number of halogens is 2. The van der Waals surface area contributed by atoms with Gasteiger partial charge in [-0.05, 0) is 38.6 Å². The number of nitrogens with zero attached hydrogens (tertiary/aromatic N) is 2. The summed E-state index contributed by atoms with van der Waals surface area (Å²) in [7, 11) is 0. The number of alkyl halides is 2. The summed E-state index contributed by atoms with van der Waals surface area (Å²) in [6, 6.07) is 0.294. The number of ether oxygens (including phenoxy) is 2. The molecule has 222 valence electrons. The van der Waals surface area contributed by atoms with Crippen LogP contribution in [0.3, 0.4) is 0 Å². The van der Waals surface area contributed by atoms with Crippen LogP contribution in [0.4, 0.5) is 10.2 Å². The monoisotopic (exact) mass is 632 g/mol. The molecular weight excluding hydrogens is 598 g/mol. The quantitative estimate of drug-likeness (QED) is 0.133. The predicted octanol–water partition coefficient (Wildman–Crippen LogP) is 2.48. The van der Waals surface area contributed by atoms with E-state index in [0.29, 0.717) is 0 Å². The minimum absolute atomic E-state index is 0.0194. The first-order valence-corrected chi connectivity index (χ1v) is 16.0. The van der Waals surface area contributed by atoms with Crippen molar-refractivity contribution in [3.05, 3.63) is 22.7 Å². The maximum absolute atomic E-state index is 15.3. The standard InChI is InChI=1S/C22H35ClFN4O8PS2/c1-12(2)35-17(30)13(3)27-37(38,33-9-10-39-19(31)21(4,5)6)34-11-14-16(29)22(23,24)18(36-14)28-8-7-15(25)26-20(28)32/h7-8,12-14,16,18,29H,9-11H2,1-6H3,(H,27,38)(H2,25,26,32)/t13-,14+,16+,18+,22+,37+/m0/s1. The number of hydrogen-bond donors (Lipinski definition) is 3. The molecule has 0 amide bonds. The summed E-state index contributed by atoms with van der Waals surface area (Å²) in [6.07, 6.45) is -4.33. The Bertz CT molecular complexity index is 1140. The Morgan fingerprint density at radius 2 is 2.05 bits per heavy atom. The van der Waals surface area contributed by atoms with E-state index in [-0.39, 0.29) is 29.4 Å². The van der Waals surface area contributed by atoms with E-state index in [2.05, 4.69) is 10.1 Å². The Labute approximate surface area is 240 Å². The number of carbonyl (C=O) groups is 2. The van der Waals surface area contributed by atoms with Crippen molar-refractivity contribution >= 4 is 58.7 Å². The molecule has 0 bridgehead atoms. The number of aromatic nitrogens is 2. The van der Waals surface area contributed by atoms with Crippen LogP contribution in [0.5, 0.6) is 0 Å². The van der Waals surface area contributed by atoms with Crippen LogP contribution in [0.25, 0.3) is 0 Å². The average Bonchev–Trinajstić information content (AvgIpc) is 3.03. The Hall–Kier alpha value is -1.16. The van der Waals surface area contributed by atoms with Crippen LogP contribution in [0, 0.1) is 5.41 Å². The lowest BCUT2D eigenvalue weighted by molar-refractivity contribution is -0.149. The van der Waals surface area contributed by atoms with E-state index < -0.39 is 59.9 Å². The van der Waals surface area contributed by atoms with E-state index in [0.717, 1.165) is 22.5 Å². The van der Waals surface area contributed by atoms with E-state index in [1.165, 1.54) is 13.0 Å². The van der Waals surface area contributed by atoms with E-state index in [1.807, 2.05) is 0 Å². The summed E-state index contributed by atoms with van der Waals surface area (Å²) in [5.41, 5.74) is 3.99.